The molecule has 0 N–H and O–H groups in total. The zero-order valence-electron chi connectivity index (χ0n) is 10.0. The van der Waals surface area contributed by atoms with Crippen LogP contribution in [-0.2, 0) is 6.42 Å². The highest BCUT2D eigenvalue weighted by Gasteiger charge is 2.09. The van der Waals surface area contributed by atoms with Gasteiger partial charge in [0, 0.05) is 24.4 Å². The molecule has 3 nitrogen and oxygen atoms in total. The van der Waals surface area contributed by atoms with Crippen molar-refractivity contribution in [2.24, 2.45) is 0 Å². The quantitative estimate of drug-likeness (QED) is 0.807. The van der Waals surface area contributed by atoms with Crippen LogP contribution in [0.4, 0.5) is 0 Å². The van der Waals surface area contributed by atoms with E-state index < -0.39 is 0 Å². The van der Waals surface area contributed by atoms with E-state index in [4.69, 9.17) is 9.47 Å². The van der Waals surface area contributed by atoms with Crippen molar-refractivity contribution in [2.45, 2.75) is 6.42 Å². The van der Waals surface area contributed by atoms with Crippen molar-refractivity contribution in [2.75, 3.05) is 14.2 Å². The van der Waals surface area contributed by atoms with E-state index in [2.05, 4.69) is 4.98 Å². The molecular weight excluding hydrogens is 214 g/mol. The first kappa shape index (κ1) is 11.5. The smallest absolute Gasteiger partial charge is 0.164 e. The van der Waals surface area contributed by atoms with Gasteiger partial charge in [0.25, 0.3) is 0 Å². The van der Waals surface area contributed by atoms with Crippen molar-refractivity contribution in [3.63, 3.8) is 0 Å². The predicted molar refractivity (Wildman–Crippen MR) is 66.6 cm³/mol. The number of ether oxygens (including phenoxy) is 2. The molecule has 0 aliphatic carbocycles. The van der Waals surface area contributed by atoms with Crippen molar-refractivity contribution >= 4 is 0 Å². The molecule has 3 heteroatoms. The molecule has 0 saturated carbocycles. The lowest BCUT2D eigenvalue weighted by atomic mass is 10.1. The van der Waals surface area contributed by atoms with Crippen LogP contribution in [0.2, 0.25) is 0 Å². The third-order valence-electron chi connectivity index (χ3n) is 2.60. The fourth-order valence-electron chi connectivity index (χ4n) is 1.82. The van der Waals surface area contributed by atoms with Crippen LogP contribution >= 0.6 is 0 Å². The van der Waals surface area contributed by atoms with E-state index in [1.165, 1.54) is 0 Å². The molecule has 2 aromatic rings. The first-order chi connectivity index (χ1) is 8.35. The second kappa shape index (κ2) is 5.34. The number of hydrogen-bond donors (Lipinski definition) is 0. The van der Waals surface area contributed by atoms with Gasteiger partial charge in [-0.05, 0) is 17.7 Å². The molecule has 0 unspecified atom stereocenters. The number of methoxy groups -OCH3 is 2. The molecule has 88 valence electrons. The Bertz CT molecular complexity index is 483. The summed E-state index contributed by atoms with van der Waals surface area (Å²) in [5, 5.41) is 0. The Kier molecular flexibility index (Phi) is 3.60. The molecule has 0 fully saturated rings. The summed E-state index contributed by atoms with van der Waals surface area (Å²) in [6, 6.07) is 9.88. The molecular formula is C14H15NO2. The molecule has 0 bridgehead atoms. The Labute approximate surface area is 101 Å². The van der Waals surface area contributed by atoms with Crippen LogP contribution in [0.3, 0.4) is 0 Å². The zero-order chi connectivity index (χ0) is 12.1. The minimum absolute atomic E-state index is 0.758. The number of para-hydroxylation sites is 1. The van der Waals surface area contributed by atoms with Crippen molar-refractivity contribution < 1.29 is 9.47 Å². The van der Waals surface area contributed by atoms with Gasteiger partial charge in [0.05, 0.1) is 14.2 Å². The van der Waals surface area contributed by atoms with Crippen LogP contribution in [-0.4, -0.2) is 19.2 Å². The van der Waals surface area contributed by atoms with Gasteiger partial charge in [-0.25, -0.2) is 0 Å². The maximum atomic E-state index is 5.39. The highest BCUT2D eigenvalue weighted by Crippen LogP contribution is 2.31. The molecule has 0 spiro atoms. The Morgan fingerprint density at radius 2 is 1.94 bits per heavy atom. The standard InChI is InChI=1S/C14H15NO2/c1-16-13-7-3-6-12(14(13)17-2)9-11-5-4-8-15-10-11/h3-8,10H,9H2,1-2H3. The van der Waals surface area contributed by atoms with E-state index >= 15 is 0 Å². The van der Waals surface area contributed by atoms with Crippen molar-refractivity contribution in [3.8, 4) is 11.5 Å². The van der Waals surface area contributed by atoms with Crippen LogP contribution < -0.4 is 9.47 Å². The summed E-state index contributed by atoms with van der Waals surface area (Å²) < 4.78 is 10.7. The van der Waals surface area contributed by atoms with Gasteiger partial charge in [-0.15, -0.1) is 0 Å². The SMILES string of the molecule is COc1cccc(Cc2cccnc2)c1OC. The number of nitrogens with zero attached hydrogens (tertiary/aromatic N) is 1. The molecule has 0 amide bonds. The summed E-state index contributed by atoms with van der Waals surface area (Å²) in [5.41, 5.74) is 2.25. The van der Waals surface area contributed by atoms with Gasteiger partial charge in [0.15, 0.2) is 11.5 Å². The first-order valence-electron chi connectivity index (χ1n) is 5.44. The summed E-state index contributed by atoms with van der Waals surface area (Å²) in [7, 11) is 3.30. The van der Waals surface area contributed by atoms with Crippen molar-refractivity contribution in [1.82, 2.24) is 4.98 Å². The second-order valence-electron chi connectivity index (χ2n) is 3.69. The normalized spacial score (nSPS) is 10.0. The van der Waals surface area contributed by atoms with E-state index in [0.717, 1.165) is 29.0 Å². The van der Waals surface area contributed by atoms with E-state index in [1.807, 2.05) is 36.5 Å². The summed E-state index contributed by atoms with van der Waals surface area (Å²) in [6.07, 6.45) is 4.42. The van der Waals surface area contributed by atoms with E-state index in [1.54, 1.807) is 20.4 Å². The van der Waals surface area contributed by atoms with Gasteiger partial charge in [0.2, 0.25) is 0 Å². The molecule has 0 atom stereocenters. The maximum Gasteiger partial charge on any atom is 0.164 e. The highest BCUT2D eigenvalue weighted by molar-refractivity contribution is 5.48. The lowest BCUT2D eigenvalue weighted by Gasteiger charge is -2.12. The van der Waals surface area contributed by atoms with E-state index in [9.17, 15) is 0 Å². The topological polar surface area (TPSA) is 31.4 Å². The van der Waals surface area contributed by atoms with Gasteiger partial charge >= 0.3 is 0 Å². The first-order valence-corrected chi connectivity index (χ1v) is 5.44. The number of hydrogen-bond acceptors (Lipinski definition) is 3. The van der Waals surface area contributed by atoms with Gasteiger partial charge in [-0.1, -0.05) is 18.2 Å². The fraction of sp³-hybridized carbons (Fsp3) is 0.214. The van der Waals surface area contributed by atoms with Gasteiger partial charge in [-0.3, -0.25) is 4.98 Å². The summed E-state index contributed by atoms with van der Waals surface area (Å²) in [5.74, 6) is 1.55. The minimum atomic E-state index is 0.758. The Morgan fingerprint density at radius 1 is 1.06 bits per heavy atom. The van der Waals surface area contributed by atoms with Crippen LogP contribution in [0.1, 0.15) is 11.1 Å². The summed E-state index contributed by atoms with van der Waals surface area (Å²) >= 11 is 0. The molecule has 1 aromatic carbocycles. The molecule has 2 rings (SSSR count). The van der Waals surface area contributed by atoms with Crippen molar-refractivity contribution in [3.05, 3.63) is 53.9 Å². The fourth-order valence-corrected chi connectivity index (χ4v) is 1.82. The number of pyridine rings is 1. The van der Waals surface area contributed by atoms with Crippen LogP contribution in [0, 0.1) is 0 Å². The van der Waals surface area contributed by atoms with Gasteiger partial charge in [0.1, 0.15) is 0 Å². The van der Waals surface area contributed by atoms with Gasteiger partial charge < -0.3 is 9.47 Å². The second-order valence-corrected chi connectivity index (χ2v) is 3.69. The Morgan fingerprint density at radius 3 is 2.59 bits per heavy atom. The monoisotopic (exact) mass is 229 g/mol. The molecule has 0 radical (unpaired) electrons. The highest BCUT2D eigenvalue weighted by atomic mass is 16.5. The molecule has 0 saturated heterocycles. The number of benzene rings is 1. The molecule has 1 aromatic heterocycles. The Hall–Kier alpha value is -2.03. The van der Waals surface area contributed by atoms with Crippen LogP contribution in [0.5, 0.6) is 11.5 Å². The number of rotatable bonds is 4. The average Bonchev–Trinajstić information content (AvgIpc) is 2.39. The Balaban J connectivity index is 2.33. The lowest BCUT2D eigenvalue weighted by Crippen LogP contribution is -1.97. The largest absolute Gasteiger partial charge is 0.493 e. The number of aromatic nitrogens is 1. The molecule has 17 heavy (non-hydrogen) atoms. The zero-order valence-corrected chi connectivity index (χ0v) is 10.0. The minimum Gasteiger partial charge on any atom is -0.493 e. The third-order valence-corrected chi connectivity index (χ3v) is 2.60. The molecule has 0 aliphatic heterocycles. The van der Waals surface area contributed by atoms with Crippen LogP contribution in [0.15, 0.2) is 42.7 Å². The summed E-state index contributed by atoms with van der Waals surface area (Å²) in [4.78, 5) is 4.11. The lowest BCUT2D eigenvalue weighted by molar-refractivity contribution is 0.352. The third kappa shape index (κ3) is 2.56. The van der Waals surface area contributed by atoms with Crippen LogP contribution in [0.25, 0.3) is 0 Å². The molecule has 0 aliphatic rings. The van der Waals surface area contributed by atoms with Crippen molar-refractivity contribution in [1.29, 1.82) is 0 Å². The maximum absolute atomic E-state index is 5.39. The van der Waals surface area contributed by atoms with E-state index in [0.29, 0.717) is 0 Å². The molecule has 1 heterocycles. The predicted octanol–water partition coefficient (Wildman–Crippen LogP) is 2.69. The van der Waals surface area contributed by atoms with E-state index in [-0.39, 0.29) is 0 Å². The summed E-state index contributed by atoms with van der Waals surface area (Å²) in [6.45, 7) is 0. The average molecular weight is 229 g/mol. The van der Waals surface area contributed by atoms with Gasteiger partial charge in [-0.2, -0.15) is 0 Å².